The molecular weight excluding hydrogens is 370 g/mol. The molecule has 0 unspecified atom stereocenters. The zero-order valence-corrected chi connectivity index (χ0v) is 17.9. The van der Waals surface area contributed by atoms with Crippen molar-refractivity contribution in [3.8, 4) is 0 Å². The highest BCUT2D eigenvalue weighted by Crippen LogP contribution is 2.70. The van der Waals surface area contributed by atoms with Crippen molar-refractivity contribution in [3.63, 3.8) is 0 Å². The van der Waals surface area contributed by atoms with E-state index in [4.69, 9.17) is 24.5 Å². The maximum atomic E-state index is 8.68. The second-order valence-corrected chi connectivity index (χ2v) is 10.3. The zero-order chi connectivity index (χ0) is 20.2. The molecule has 5 fully saturated rings. The molecule has 5 atom stereocenters. The lowest BCUT2D eigenvalue weighted by Gasteiger charge is -2.62. The van der Waals surface area contributed by atoms with E-state index >= 15 is 0 Å². The first-order valence-electron chi connectivity index (χ1n) is 11.6. The summed E-state index contributed by atoms with van der Waals surface area (Å²) < 4.78 is 25.3. The minimum absolute atomic E-state index is 0.0497. The van der Waals surface area contributed by atoms with Gasteiger partial charge in [-0.15, -0.1) is 0 Å². The summed E-state index contributed by atoms with van der Waals surface area (Å²) in [6.07, 6.45) is 8.52. The number of ether oxygens (including phenoxy) is 4. The minimum Gasteiger partial charge on any atom is -0.347 e. The van der Waals surface area contributed by atoms with Crippen LogP contribution in [0.4, 0.5) is 0 Å². The van der Waals surface area contributed by atoms with E-state index in [0.717, 1.165) is 51.7 Å². The monoisotopic (exact) mass is 405 g/mol. The summed E-state index contributed by atoms with van der Waals surface area (Å²) in [6.45, 7) is 8.21. The Hall–Kier alpha value is -0.850. The Labute approximate surface area is 173 Å². The van der Waals surface area contributed by atoms with Crippen LogP contribution in [0, 0.1) is 28.6 Å². The van der Waals surface area contributed by atoms with Crippen LogP contribution in [0.25, 0.3) is 10.4 Å². The highest BCUT2D eigenvalue weighted by atomic mass is 16.7. The summed E-state index contributed by atoms with van der Waals surface area (Å²) in [7, 11) is 0. The molecule has 5 rings (SSSR count). The van der Waals surface area contributed by atoms with Gasteiger partial charge in [-0.1, -0.05) is 19.0 Å². The van der Waals surface area contributed by atoms with Gasteiger partial charge in [-0.25, -0.2) is 0 Å². The van der Waals surface area contributed by atoms with E-state index in [1.54, 1.807) is 0 Å². The molecule has 7 nitrogen and oxygen atoms in total. The summed E-state index contributed by atoms with van der Waals surface area (Å²) >= 11 is 0. The second-order valence-electron chi connectivity index (χ2n) is 10.3. The van der Waals surface area contributed by atoms with Gasteiger partial charge in [0.2, 0.25) is 0 Å². The summed E-state index contributed by atoms with van der Waals surface area (Å²) in [5, 5.41) is 3.78. The number of nitrogens with zero attached hydrogens (tertiary/aromatic N) is 3. The Morgan fingerprint density at radius 1 is 0.862 bits per heavy atom. The van der Waals surface area contributed by atoms with Crippen molar-refractivity contribution in [2.75, 3.05) is 33.0 Å². The quantitative estimate of drug-likeness (QED) is 0.291. The van der Waals surface area contributed by atoms with Crippen LogP contribution in [0.2, 0.25) is 0 Å². The summed E-state index contributed by atoms with van der Waals surface area (Å²) in [4.78, 5) is 2.94. The largest absolute Gasteiger partial charge is 0.347 e. The van der Waals surface area contributed by atoms with E-state index < -0.39 is 5.79 Å². The number of azide groups is 1. The van der Waals surface area contributed by atoms with Crippen molar-refractivity contribution < 1.29 is 18.9 Å². The van der Waals surface area contributed by atoms with Gasteiger partial charge in [0.15, 0.2) is 11.6 Å². The van der Waals surface area contributed by atoms with Crippen LogP contribution in [-0.2, 0) is 18.9 Å². The van der Waals surface area contributed by atoms with Gasteiger partial charge in [-0.05, 0) is 61.8 Å². The third kappa shape index (κ3) is 2.67. The molecule has 2 saturated heterocycles. The van der Waals surface area contributed by atoms with Crippen molar-refractivity contribution in [2.45, 2.75) is 76.8 Å². The Morgan fingerprint density at radius 2 is 1.48 bits per heavy atom. The fourth-order valence-corrected chi connectivity index (χ4v) is 8.16. The summed E-state index contributed by atoms with van der Waals surface area (Å²) in [5.41, 5.74) is 8.74. The number of hydrogen-bond donors (Lipinski definition) is 0. The van der Waals surface area contributed by atoms with E-state index in [1.165, 1.54) is 12.8 Å². The highest BCUT2D eigenvalue weighted by molar-refractivity contribution is 5.14. The molecule has 29 heavy (non-hydrogen) atoms. The molecule has 2 spiro atoms. The number of rotatable bonds is 4. The number of hydrogen-bond acceptors (Lipinski definition) is 5. The highest BCUT2D eigenvalue weighted by Gasteiger charge is 2.69. The van der Waals surface area contributed by atoms with Crippen molar-refractivity contribution in [3.05, 3.63) is 10.4 Å². The standard InChI is InChI=1S/C22H35N3O4/c1-19(7-3-11-24-25-23)17-5-8-20(2)18(6-10-22(20)28-14-15-29-22)16(17)4-9-21(19)26-12-13-27-21/h16-18H,3-15H2,1-2H3/t16-,17+,18+,19-,20+/m1/s1. The van der Waals surface area contributed by atoms with Crippen LogP contribution in [0.1, 0.15) is 65.2 Å². The Morgan fingerprint density at radius 3 is 2.17 bits per heavy atom. The summed E-state index contributed by atoms with van der Waals surface area (Å²) in [6, 6.07) is 0. The molecule has 7 heteroatoms. The molecule has 0 aromatic carbocycles. The Bertz CT molecular complexity index is 684. The van der Waals surface area contributed by atoms with Crippen LogP contribution in [0.15, 0.2) is 5.11 Å². The lowest BCUT2D eigenvalue weighted by atomic mass is 9.47. The van der Waals surface area contributed by atoms with E-state index in [-0.39, 0.29) is 16.6 Å². The molecule has 3 saturated carbocycles. The SMILES string of the molecule is C[C@]12CC[C@H]3[C@@H](CCC4(OCCO4)[C@]3(C)CCCN=[N+]=[N-])[C@@H]1CCC21OCCO1. The van der Waals surface area contributed by atoms with Gasteiger partial charge < -0.3 is 18.9 Å². The molecular formula is C22H35N3O4. The third-order valence-corrected chi connectivity index (χ3v) is 9.50. The van der Waals surface area contributed by atoms with E-state index in [2.05, 4.69) is 23.9 Å². The van der Waals surface area contributed by atoms with Gasteiger partial charge in [-0.2, -0.15) is 0 Å². The molecule has 0 bridgehead atoms. The van der Waals surface area contributed by atoms with E-state index in [9.17, 15) is 0 Å². The van der Waals surface area contributed by atoms with Gasteiger partial charge in [0.25, 0.3) is 0 Å². The maximum absolute atomic E-state index is 8.68. The molecule has 3 aliphatic carbocycles. The first-order valence-corrected chi connectivity index (χ1v) is 11.6. The van der Waals surface area contributed by atoms with Crippen molar-refractivity contribution in [2.24, 2.45) is 33.7 Å². The average Bonchev–Trinajstić information content (AvgIpc) is 3.44. The van der Waals surface area contributed by atoms with Crippen LogP contribution in [0.3, 0.4) is 0 Å². The van der Waals surface area contributed by atoms with Gasteiger partial charge in [0.05, 0.1) is 26.4 Å². The minimum atomic E-state index is -0.463. The molecule has 162 valence electrons. The molecule has 5 aliphatic rings. The predicted octanol–water partition coefficient (Wildman–Crippen LogP) is 4.81. The lowest BCUT2D eigenvalue weighted by Crippen LogP contribution is -2.62. The third-order valence-electron chi connectivity index (χ3n) is 9.50. The normalized spacial score (nSPS) is 44.6. The van der Waals surface area contributed by atoms with Crippen molar-refractivity contribution >= 4 is 0 Å². The van der Waals surface area contributed by atoms with Crippen molar-refractivity contribution in [1.82, 2.24) is 0 Å². The van der Waals surface area contributed by atoms with E-state index in [1.807, 2.05) is 0 Å². The second kappa shape index (κ2) is 7.10. The fourth-order valence-electron chi connectivity index (χ4n) is 8.16. The van der Waals surface area contributed by atoms with Gasteiger partial charge in [0.1, 0.15) is 0 Å². The number of fused-ring (bicyclic) bond motifs is 4. The average molecular weight is 406 g/mol. The molecule has 0 amide bonds. The van der Waals surface area contributed by atoms with Gasteiger partial charge in [0, 0.05) is 35.1 Å². The fraction of sp³-hybridized carbons (Fsp3) is 1.00. The first kappa shape index (κ1) is 20.1. The van der Waals surface area contributed by atoms with Gasteiger partial charge >= 0.3 is 0 Å². The van der Waals surface area contributed by atoms with E-state index in [0.29, 0.717) is 37.5 Å². The lowest BCUT2D eigenvalue weighted by molar-refractivity contribution is -0.302. The zero-order valence-electron chi connectivity index (χ0n) is 17.9. The van der Waals surface area contributed by atoms with Gasteiger partial charge in [-0.3, -0.25) is 0 Å². The summed E-state index contributed by atoms with van der Waals surface area (Å²) in [5.74, 6) is 1.04. The molecule has 0 aromatic heterocycles. The molecule has 0 aromatic rings. The van der Waals surface area contributed by atoms with Crippen LogP contribution < -0.4 is 0 Å². The smallest absolute Gasteiger partial charge is 0.174 e. The van der Waals surface area contributed by atoms with Crippen LogP contribution >= 0.6 is 0 Å². The topological polar surface area (TPSA) is 85.7 Å². The molecule has 2 aliphatic heterocycles. The van der Waals surface area contributed by atoms with Crippen LogP contribution in [-0.4, -0.2) is 44.5 Å². The molecule has 0 radical (unpaired) electrons. The Balaban J connectivity index is 1.44. The molecule has 0 N–H and O–H groups in total. The molecule has 2 heterocycles. The first-order chi connectivity index (χ1) is 14.0. The Kier molecular flexibility index (Phi) is 4.91. The van der Waals surface area contributed by atoms with Crippen LogP contribution in [0.5, 0.6) is 0 Å². The predicted molar refractivity (Wildman–Crippen MR) is 107 cm³/mol. The van der Waals surface area contributed by atoms with Crippen molar-refractivity contribution in [1.29, 1.82) is 0 Å². The maximum Gasteiger partial charge on any atom is 0.174 e.